The maximum absolute atomic E-state index is 12.9. The van der Waals surface area contributed by atoms with Crippen LogP contribution in [0.4, 0.5) is 22.0 Å². The number of carbonyl (C=O) groups is 1. The number of hydrogen-bond acceptors (Lipinski definition) is 3. The molecule has 4 nitrogen and oxygen atoms in total. The summed E-state index contributed by atoms with van der Waals surface area (Å²) in [6.45, 7) is 0.930. The molecule has 0 unspecified atom stereocenters. The Hall–Kier alpha value is -1.72. The van der Waals surface area contributed by atoms with Crippen LogP contribution in [0.1, 0.15) is 13.3 Å². The molecule has 0 aliphatic rings. The number of rotatable bonds is 3. The molecular weight excluding hydrogens is 249 g/mol. The van der Waals surface area contributed by atoms with Crippen molar-refractivity contribution in [3.05, 3.63) is 0 Å². The fourth-order valence-electron chi connectivity index (χ4n) is 0.699. The van der Waals surface area contributed by atoms with E-state index < -0.39 is 30.1 Å². The Bertz CT molecular complexity index is 368. The molecule has 0 spiro atoms. The second-order valence-electron chi connectivity index (χ2n) is 3.00. The van der Waals surface area contributed by atoms with E-state index in [1.165, 1.54) is 0 Å². The van der Waals surface area contributed by atoms with Crippen LogP contribution in [-0.4, -0.2) is 35.8 Å². The number of nitrogens with zero attached hydrogens (tertiary/aromatic N) is 3. The third-order valence-corrected chi connectivity index (χ3v) is 1.69. The fraction of sp³-hybridized carbons (Fsp3) is 0.625. The van der Waals surface area contributed by atoms with Crippen molar-refractivity contribution in [1.82, 2.24) is 5.01 Å². The zero-order valence-corrected chi connectivity index (χ0v) is 8.85. The van der Waals surface area contributed by atoms with Crippen LogP contribution in [0.25, 0.3) is 0 Å². The summed E-state index contributed by atoms with van der Waals surface area (Å²) in [5.74, 6) is -6.08. The Labute approximate surface area is 93.3 Å². The number of halogens is 5. The smallest absolute Gasteiger partial charge is 0.273 e. The highest BCUT2D eigenvalue weighted by Gasteiger charge is 2.61. The monoisotopic (exact) mass is 257 g/mol. The minimum absolute atomic E-state index is 0.312. The van der Waals surface area contributed by atoms with Crippen molar-refractivity contribution in [2.45, 2.75) is 25.4 Å². The maximum Gasteiger partial charge on any atom is 0.459 e. The van der Waals surface area contributed by atoms with Crippen LogP contribution in [0.5, 0.6) is 0 Å². The highest BCUT2D eigenvalue weighted by atomic mass is 19.4. The summed E-state index contributed by atoms with van der Waals surface area (Å²) in [6, 6.07) is 1.14. The largest absolute Gasteiger partial charge is 0.459 e. The molecule has 9 heteroatoms. The van der Waals surface area contributed by atoms with Gasteiger partial charge in [0.25, 0.3) is 0 Å². The molecule has 0 fully saturated rings. The first kappa shape index (κ1) is 15.3. The molecule has 0 rings (SSSR count). The van der Waals surface area contributed by atoms with Crippen molar-refractivity contribution in [3.8, 4) is 6.07 Å². The molecule has 0 saturated carbocycles. The minimum Gasteiger partial charge on any atom is -0.273 e. The lowest BCUT2D eigenvalue weighted by Gasteiger charge is -2.21. The molecular formula is C8H8F5N3O. The fourth-order valence-corrected chi connectivity index (χ4v) is 0.699. The lowest BCUT2D eigenvalue weighted by atomic mass is 10.1. The van der Waals surface area contributed by atoms with Gasteiger partial charge in [-0.05, 0) is 0 Å². The number of amides is 1. The van der Waals surface area contributed by atoms with Gasteiger partial charge in [0.05, 0.1) is 12.5 Å². The lowest BCUT2D eigenvalue weighted by Crippen LogP contribution is -2.45. The Balaban J connectivity index is 5.40. The summed E-state index contributed by atoms with van der Waals surface area (Å²) in [7, 11) is 0.909. The van der Waals surface area contributed by atoms with E-state index in [0.717, 1.165) is 20.0 Å². The van der Waals surface area contributed by atoms with Crippen molar-refractivity contribution in [1.29, 1.82) is 5.26 Å². The average Bonchev–Trinajstić information content (AvgIpc) is 2.14. The van der Waals surface area contributed by atoms with Gasteiger partial charge in [-0.15, -0.1) is 0 Å². The SMILES string of the molecule is CC(=O)N(C)/N=C(\CC#N)C(F)(F)C(F)(F)F. The van der Waals surface area contributed by atoms with Gasteiger partial charge in [-0.25, -0.2) is 5.01 Å². The first-order chi connectivity index (χ1) is 7.54. The second kappa shape index (κ2) is 5.07. The molecule has 96 valence electrons. The molecule has 0 bridgehead atoms. The molecule has 0 radical (unpaired) electrons. The van der Waals surface area contributed by atoms with E-state index in [1.54, 1.807) is 0 Å². The third-order valence-electron chi connectivity index (χ3n) is 1.69. The van der Waals surface area contributed by atoms with Crippen LogP contribution in [0.2, 0.25) is 0 Å². The van der Waals surface area contributed by atoms with E-state index >= 15 is 0 Å². The predicted octanol–water partition coefficient (Wildman–Crippen LogP) is 1.93. The molecule has 0 aromatic rings. The zero-order valence-electron chi connectivity index (χ0n) is 8.85. The number of hydrazone groups is 1. The van der Waals surface area contributed by atoms with Gasteiger partial charge < -0.3 is 0 Å². The van der Waals surface area contributed by atoms with Gasteiger partial charge >= 0.3 is 12.1 Å². The van der Waals surface area contributed by atoms with Crippen LogP contribution in [-0.2, 0) is 4.79 Å². The summed E-state index contributed by atoms with van der Waals surface area (Å²) in [6.07, 6.45) is -7.09. The van der Waals surface area contributed by atoms with Crippen molar-refractivity contribution in [2.75, 3.05) is 7.05 Å². The van der Waals surface area contributed by atoms with E-state index in [0.29, 0.717) is 5.01 Å². The summed E-state index contributed by atoms with van der Waals surface area (Å²) < 4.78 is 61.8. The van der Waals surface area contributed by atoms with Crippen LogP contribution in [0.3, 0.4) is 0 Å². The van der Waals surface area contributed by atoms with Crippen LogP contribution >= 0.6 is 0 Å². The Kier molecular flexibility index (Phi) is 4.56. The Morgan fingerprint density at radius 3 is 2.12 bits per heavy atom. The molecule has 0 atom stereocenters. The third kappa shape index (κ3) is 3.65. The van der Waals surface area contributed by atoms with Gasteiger partial charge in [-0.2, -0.15) is 32.3 Å². The van der Waals surface area contributed by atoms with Crippen LogP contribution < -0.4 is 0 Å². The Morgan fingerprint density at radius 1 is 1.35 bits per heavy atom. The quantitative estimate of drug-likeness (QED) is 0.440. The zero-order chi connectivity index (χ0) is 13.9. The highest BCUT2D eigenvalue weighted by Crippen LogP contribution is 2.37. The van der Waals surface area contributed by atoms with Gasteiger partial charge in [-0.1, -0.05) is 0 Å². The molecule has 0 heterocycles. The molecule has 0 N–H and O–H groups in total. The first-order valence-corrected chi connectivity index (χ1v) is 4.17. The summed E-state index contributed by atoms with van der Waals surface area (Å²) in [5.41, 5.74) is -1.72. The lowest BCUT2D eigenvalue weighted by molar-refractivity contribution is -0.250. The molecule has 0 aliphatic carbocycles. The van der Waals surface area contributed by atoms with E-state index in [9.17, 15) is 26.7 Å². The molecule has 0 saturated heterocycles. The summed E-state index contributed by atoms with van der Waals surface area (Å²) in [4.78, 5) is 10.7. The number of hydrogen-bond donors (Lipinski definition) is 0. The molecule has 0 aliphatic heterocycles. The summed E-state index contributed by atoms with van der Waals surface area (Å²) >= 11 is 0. The normalized spacial score (nSPS) is 13.2. The second-order valence-corrected chi connectivity index (χ2v) is 3.00. The topological polar surface area (TPSA) is 56.5 Å². The van der Waals surface area contributed by atoms with Crippen LogP contribution in [0, 0.1) is 11.3 Å². The van der Waals surface area contributed by atoms with Crippen LogP contribution in [0.15, 0.2) is 5.10 Å². The van der Waals surface area contributed by atoms with E-state index in [2.05, 4.69) is 5.10 Å². The van der Waals surface area contributed by atoms with Crippen molar-refractivity contribution in [3.63, 3.8) is 0 Å². The van der Waals surface area contributed by atoms with E-state index in [-0.39, 0.29) is 0 Å². The van der Waals surface area contributed by atoms with Crippen molar-refractivity contribution < 1.29 is 26.7 Å². The molecule has 1 amide bonds. The molecule has 0 aromatic carbocycles. The standard InChI is InChI=1S/C8H8F5N3O/c1-5(17)16(2)15-6(3-4-14)7(9,10)8(11,12)13/h3H2,1-2H3/b15-6+. The van der Waals surface area contributed by atoms with Crippen molar-refractivity contribution in [2.24, 2.45) is 5.10 Å². The van der Waals surface area contributed by atoms with Gasteiger partial charge in [0, 0.05) is 14.0 Å². The Morgan fingerprint density at radius 2 is 1.82 bits per heavy atom. The van der Waals surface area contributed by atoms with Crippen molar-refractivity contribution >= 4 is 11.6 Å². The molecule has 17 heavy (non-hydrogen) atoms. The molecule has 0 aromatic heterocycles. The van der Waals surface area contributed by atoms with Gasteiger partial charge in [0.2, 0.25) is 5.91 Å². The van der Waals surface area contributed by atoms with Gasteiger partial charge in [-0.3, -0.25) is 4.79 Å². The van der Waals surface area contributed by atoms with Gasteiger partial charge in [0.1, 0.15) is 5.71 Å². The first-order valence-electron chi connectivity index (χ1n) is 4.17. The number of alkyl halides is 5. The van der Waals surface area contributed by atoms with E-state index in [1.807, 2.05) is 0 Å². The average molecular weight is 257 g/mol. The van der Waals surface area contributed by atoms with Gasteiger partial charge in [0.15, 0.2) is 0 Å². The predicted molar refractivity (Wildman–Crippen MR) is 47.1 cm³/mol. The maximum atomic E-state index is 12.9. The minimum atomic E-state index is -5.86. The van der Waals surface area contributed by atoms with E-state index in [4.69, 9.17) is 5.26 Å². The number of nitriles is 1. The highest BCUT2D eigenvalue weighted by molar-refractivity contribution is 5.94. The number of carbonyl (C=O) groups excluding carboxylic acids is 1. The summed E-state index contributed by atoms with van der Waals surface area (Å²) in [5, 5.41) is 11.3.